The van der Waals surface area contributed by atoms with Gasteiger partial charge in [-0.3, -0.25) is 19.2 Å². The number of carboxylic acid groups (broad SMARTS) is 1. The molecule has 0 saturated carbocycles. The van der Waals surface area contributed by atoms with Gasteiger partial charge < -0.3 is 15.3 Å². The predicted molar refractivity (Wildman–Crippen MR) is 117 cm³/mol. The molecule has 0 aliphatic carbocycles. The number of ketones is 1. The Morgan fingerprint density at radius 3 is 2.69 bits per heavy atom. The predicted octanol–water partition coefficient (Wildman–Crippen LogP) is 3.02. The van der Waals surface area contributed by atoms with Crippen LogP contribution in [-0.2, 0) is 20.9 Å². The highest BCUT2D eigenvalue weighted by molar-refractivity contribution is 7.17. The van der Waals surface area contributed by atoms with Crippen molar-refractivity contribution in [3.05, 3.63) is 59.0 Å². The van der Waals surface area contributed by atoms with Gasteiger partial charge in [-0.2, -0.15) is 0 Å². The van der Waals surface area contributed by atoms with Crippen LogP contribution >= 0.6 is 11.3 Å². The lowest BCUT2D eigenvalue weighted by atomic mass is 10.00. The lowest BCUT2D eigenvalue weighted by molar-refractivity contribution is -0.140. The van der Waals surface area contributed by atoms with E-state index in [-0.39, 0.29) is 19.0 Å². The van der Waals surface area contributed by atoms with Crippen LogP contribution in [-0.4, -0.2) is 52.8 Å². The number of amides is 2. The van der Waals surface area contributed by atoms with Gasteiger partial charge in [-0.1, -0.05) is 30.3 Å². The summed E-state index contributed by atoms with van der Waals surface area (Å²) < 4.78 is 13.8. The number of nitrogens with zero attached hydrogens (tertiary/aromatic N) is 1. The summed E-state index contributed by atoms with van der Waals surface area (Å²) in [6.45, 7) is -1.53. The van der Waals surface area contributed by atoms with E-state index >= 15 is 0 Å². The van der Waals surface area contributed by atoms with E-state index in [0.29, 0.717) is 5.56 Å². The Bertz CT molecular complexity index is 1240. The van der Waals surface area contributed by atoms with Crippen molar-refractivity contribution in [3.63, 3.8) is 0 Å². The fraction of sp³-hybridized carbons (Fsp3) is 0.217. The molecular formula is C23H19FN2O5S. The van der Waals surface area contributed by atoms with Gasteiger partial charge in [0, 0.05) is 27.8 Å². The van der Waals surface area contributed by atoms with E-state index in [4.69, 9.17) is 5.11 Å². The highest BCUT2D eigenvalue weighted by Gasteiger charge is 2.31. The zero-order valence-electron chi connectivity index (χ0n) is 16.8. The zero-order valence-corrected chi connectivity index (χ0v) is 17.7. The third kappa shape index (κ3) is 4.24. The standard InChI is InChI=1S/C23H19FN2O5S/c24-9-19(27)18(8-22(29)30)25-21(28)11-26-10-14-6-5-13(7-16(14)23(26)31)17-12-32-20-4-2-1-3-15(17)20/h1-7,12,18H,8-11H2,(H,25,28)(H,29,30). The zero-order chi connectivity index (χ0) is 22.8. The van der Waals surface area contributed by atoms with Crippen LogP contribution in [0.4, 0.5) is 4.39 Å². The van der Waals surface area contributed by atoms with Crippen molar-refractivity contribution in [2.24, 2.45) is 0 Å². The second-order valence-corrected chi connectivity index (χ2v) is 8.41. The summed E-state index contributed by atoms with van der Waals surface area (Å²) in [7, 11) is 0. The SMILES string of the molecule is O=C(O)CC(NC(=O)CN1Cc2ccc(-c3csc4ccccc34)cc2C1=O)C(=O)CF. The van der Waals surface area contributed by atoms with Crippen LogP contribution in [0.2, 0.25) is 0 Å². The van der Waals surface area contributed by atoms with E-state index in [0.717, 1.165) is 26.8 Å². The molecule has 0 fully saturated rings. The van der Waals surface area contributed by atoms with Crippen molar-refractivity contribution in [1.82, 2.24) is 10.2 Å². The average molecular weight is 454 g/mol. The maximum atomic E-state index is 12.9. The summed E-state index contributed by atoms with van der Waals surface area (Å²) in [5.74, 6) is -3.41. The number of carbonyl (C=O) groups is 4. The van der Waals surface area contributed by atoms with Gasteiger partial charge in [0.25, 0.3) is 5.91 Å². The molecule has 0 bridgehead atoms. The van der Waals surface area contributed by atoms with E-state index in [2.05, 4.69) is 5.32 Å². The van der Waals surface area contributed by atoms with Crippen LogP contribution < -0.4 is 5.32 Å². The molecule has 2 N–H and O–H groups in total. The molecule has 2 amide bonds. The van der Waals surface area contributed by atoms with E-state index in [1.165, 1.54) is 4.90 Å². The molecule has 0 spiro atoms. The highest BCUT2D eigenvalue weighted by atomic mass is 32.1. The Kier molecular flexibility index (Phi) is 6.00. The average Bonchev–Trinajstić information content (AvgIpc) is 3.33. The van der Waals surface area contributed by atoms with Crippen molar-refractivity contribution in [2.45, 2.75) is 19.0 Å². The summed E-state index contributed by atoms with van der Waals surface area (Å²) >= 11 is 1.62. The molecule has 32 heavy (non-hydrogen) atoms. The Morgan fingerprint density at radius 2 is 1.94 bits per heavy atom. The maximum absolute atomic E-state index is 12.9. The summed E-state index contributed by atoms with van der Waals surface area (Å²) in [5, 5.41) is 14.2. The van der Waals surface area contributed by atoms with Gasteiger partial charge in [0.05, 0.1) is 6.42 Å². The first-order valence-corrected chi connectivity index (χ1v) is 10.7. The fourth-order valence-corrected chi connectivity index (χ4v) is 4.75. The van der Waals surface area contributed by atoms with Gasteiger partial charge in [-0.15, -0.1) is 11.3 Å². The smallest absolute Gasteiger partial charge is 0.305 e. The lowest BCUT2D eigenvalue weighted by Crippen LogP contribution is -2.47. The number of thiophene rings is 1. The van der Waals surface area contributed by atoms with Crippen molar-refractivity contribution < 1.29 is 28.7 Å². The number of carbonyl (C=O) groups excluding carboxylic acids is 3. The number of carboxylic acids is 1. The number of Topliss-reactive ketones (excluding diaryl/α,β-unsaturated/α-hetero) is 1. The van der Waals surface area contributed by atoms with Crippen LogP contribution in [0.25, 0.3) is 21.2 Å². The monoisotopic (exact) mass is 454 g/mol. The molecule has 0 saturated heterocycles. The molecule has 2 aromatic carbocycles. The van der Waals surface area contributed by atoms with Gasteiger partial charge in [0.2, 0.25) is 5.91 Å². The highest BCUT2D eigenvalue weighted by Crippen LogP contribution is 2.36. The second-order valence-electron chi connectivity index (χ2n) is 7.50. The Labute approximate surface area is 186 Å². The number of hydrogen-bond donors (Lipinski definition) is 2. The van der Waals surface area contributed by atoms with Crippen molar-refractivity contribution in [3.8, 4) is 11.1 Å². The minimum absolute atomic E-state index is 0.215. The molecule has 1 atom stereocenters. The number of alkyl halides is 1. The van der Waals surface area contributed by atoms with Gasteiger partial charge in [0.1, 0.15) is 19.3 Å². The third-order valence-electron chi connectivity index (χ3n) is 5.35. The topological polar surface area (TPSA) is 104 Å². The maximum Gasteiger partial charge on any atom is 0.305 e. The molecule has 0 radical (unpaired) electrons. The molecular weight excluding hydrogens is 435 g/mol. The van der Waals surface area contributed by atoms with Crippen LogP contribution in [0.3, 0.4) is 0 Å². The van der Waals surface area contributed by atoms with Gasteiger partial charge >= 0.3 is 5.97 Å². The van der Waals surface area contributed by atoms with Crippen molar-refractivity contribution in [1.29, 1.82) is 0 Å². The molecule has 1 unspecified atom stereocenters. The second kappa shape index (κ2) is 8.88. The fourth-order valence-electron chi connectivity index (χ4n) is 3.78. The number of aliphatic carboxylic acids is 1. The number of hydrogen-bond acceptors (Lipinski definition) is 5. The molecule has 3 aromatic rings. The molecule has 1 aliphatic rings. The molecule has 1 aromatic heterocycles. The summed E-state index contributed by atoms with van der Waals surface area (Å²) in [6, 6.07) is 12.1. The first-order chi connectivity index (χ1) is 15.4. The summed E-state index contributed by atoms with van der Waals surface area (Å²) in [5.41, 5.74) is 3.19. The molecule has 4 rings (SSSR count). The lowest BCUT2D eigenvalue weighted by Gasteiger charge is -2.18. The first kappa shape index (κ1) is 21.6. The number of halogens is 1. The van der Waals surface area contributed by atoms with Gasteiger partial charge in [0.15, 0.2) is 5.78 Å². The Hall–Kier alpha value is -3.59. The van der Waals surface area contributed by atoms with Crippen LogP contribution in [0.5, 0.6) is 0 Å². The summed E-state index contributed by atoms with van der Waals surface area (Å²) in [6.07, 6.45) is -0.722. The van der Waals surface area contributed by atoms with Crippen molar-refractivity contribution in [2.75, 3.05) is 13.2 Å². The van der Waals surface area contributed by atoms with E-state index in [1.807, 2.05) is 47.8 Å². The number of benzene rings is 2. The van der Waals surface area contributed by atoms with Crippen LogP contribution in [0.15, 0.2) is 47.8 Å². The summed E-state index contributed by atoms with van der Waals surface area (Å²) in [4.78, 5) is 49.0. The minimum atomic E-state index is -1.47. The van der Waals surface area contributed by atoms with Crippen LogP contribution in [0.1, 0.15) is 22.3 Å². The molecule has 9 heteroatoms. The molecule has 2 heterocycles. The minimum Gasteiger partial charge on any atom is -0.481 e. The van der Waals surface area contributed by atoms with E-state index in [1.54, 1.807) is 11.3 Å². The quantitative estimate of drug-likeness (QED) is 0.545. The largest absolute Gasteiger partial charge is 0.481 e. The Morgan fingerprint density at radius 1 is 1.16 bits per heavy atom. The molecule has 164 valence electrons. The van der Waals surface area contributed by atoms with Gasteiger partial charge in [-0.25, -0.2) is 4.39 Å². The number of nitrogens with one attached hydrogen (secondary N) is 1. The first-order valence-electron chi connectivity index (χ1n) is 9.86. The Balaban J connectivity index is 1.49. The van der Waals surface area contributed by atoms with Crippen molar-refractivity contribution >= 4 is 45.0 Å². The van der Waals surface area contributed by atoms with Gasteiger partial charge in [-0.05, 0) is 28.6 Å². The molecule has 7 nitrogen and oxygen atoms in total. The normalized spacial score (nSPS) is 13.8. The van der Waals surface area contributed by atoms with E-state index < -0.39 is 36.8 Å². The number of rotatable bonds is 8. The van der Waals surface area contributed by atoms with E-state index in [9.17, 15) is 23.6 Å². The number of fused-ring (bicyclic) bond motifs is 2. The van der Waals surface area contributed by atoms with Crippen LogP contribution in [0, 0.1) is 0 Å². The third-order valence-corrected chi connectivity index (χ3v) is 6.31. The molecule has 1 aliphatic heterocycles.